The van der Waals surface area contributed by atoms with E-state index in [9.17, 15) is 19.2 Å². The standard InChI is InChI=1S/C10H17N3O7/c1-4(10(19)20)12-9(18)6(3-14)13-8(17)5(11)2-7(15)16/h4-6,14H,2-3,11H2,1H3,(H,12,18)(H,13,17)(H,15,16)(H,19,20)/t4-,5-,6-/m0/s1. The van der Waals surface area contributed by atoms with Gasteiger partial charge >= 0.3 is 11.9 Å². The molecule has 0 radical (unpaired) electrons. The number of carboxylic acid groups (broad SMARTS) is 2. The van der Waals surface area contributed by atoms with Gasteiger partial charge in [0.05, 0.1) is 19.1 Å². The minimum atomic E-state index is -1.41. The number of hydrogen-bond donors (Lipinski definition) is 6. The number of aliphatic carboxylic acids is 2. The molecule has 0 rings (SSSR count). The van der Waals surface area contributed by atoms with E-state index in [1.807, 2.05) is 10.6 Å². The van der Waals surface area contributed by atoms with E-state index in [2.05, 4.69) is 0 Å². The first kappa shape index (κ1) is 17.8. The average Bonchev–Trinajstić information content (AvgIpc) is 2.34. The summed E-state index contributed by atoms with van der Waals surface area (Å²) in [7, 11) is 0. The number of nitrogens with two attached hydrogens (primary N) is 1. The second-order valence-electron chi connectivity index (χ2n) is 4.02. The predicted molar refractivity (Wildman–Crippen MR) is 64.5 cm³/mol. The zero-order chi connectivity index (χ0) is 15.9. The summed E-state index contributed by atoms with van der Waals surface area (Å²) in [5.74, 6) is -4.44. The molecule has 0 aliphatic heterocycles. The third-order valence-corrected chi connectivity index (χ3v) is 2.28. The number of carboxylic acids is 2. The van der Waals surface area contributed by atoms with Crippen molar-refractivity contribution in [2.24, 2.45) is 5.73 Å². The van der Waals surface area contributed by atoms with Crippen LogP contribution < -0.4 is 16.4 Å². The third-order valence-electron chi connectivity index (χ3n) is 2.28. The Bertz CT molecular complexity index is 398. The van der Waals surface area contributed by atoms with E-state index in [0.29, 0.717) is 0 Å². The highest BCUT2D eigenvalue weighted by atomic mass is 16.4. The van der Waals surface area contributed by atoms with Crippen LogP contribution in [0.15, 0.2) is 0 Å². The Morgan fingerprint density at radius 3 is 2.05 bits per heavy atom. The molecular weight excluding hydrogens is 274 g/mol. The summed E-state index contributed by atoms with van der Waals surface area (Å²) in [6.45, 7) is 0.413. The van der Waals surface area contributed by atoms with Gasteiger partial charge in [-0.1, -0.05) is 0 Å². The molecule has 0 aliphatic carbocycles. The maximum atomic E-state index is 11.6. The summed E-state index contributed by atoms with van der Waals surface area (Å²) in [5, 5.41) is 30.1. The quantitative estimate of drug-likeness (QED) is 0.271. The van der Waals surface area contributed by atoms with E-state index < -0.39 is 54.9 Å². The van der Waals surface area contributed by atoms with E-state index in [-0.39, 0.29) is 0 Å². The number of aliphatic hydroxyl groups is 1. The zero-order valence-corrected chi connectivity index (χ0v) is 10.7. The molecule has 0 bridgehead atoms. The highest BCUT2D eigenvalue weighted by molar-refractivity contribution is 5.92. The molecule has 0 aromatic rings. The van der Waals surface area contributed by atoms with Crippen molar-refractivity contribution in [2.75, 3.05) is 6.61 Å². The van der Waals surface area contributed by atoms with E-state index in [0.717, 1.165) is 0 Å². The molecule has 0 heterocycles. The summed E-state index contributed by atoms with van der Waals surface area (Å²) in [6, 6.07) is -4.00. The van der Waals surface area contributed by atoms with Crippen molar-refractivity contribution >= 4 is 23.8 Å². The number of carbonyl (C=O) groups excluding carboxylic acids is 2. The summed E-state index contributed by atoms with van der Waals surface area (Å²) in [6.07, 6.45) is -0.642. The van der Waals surface area contributed by atoms with Gasteiger partial charge in [0, 0.05) is 0 Å². The molecule has 0 saturated carbocycles. The average molecular weight is 291 g/mol. The normalized spacial score (nSPS) is 14.8. The lowest BCUT2D eigenvalue weighted by Crippen LogP contribution is -2.55. The molecule has 0 aromatic carbocycles. The van der Waals surface area contributed by atoms with Crippen LogP contribution in [0.2, 0.25) is 0 Å². The molecule has 7 N–H and O–H groups in total. The number of amides is 2. The second-order valence-corrected chi connectivity index (χ2v) is 4.02. The molecule has 0 saturated heterocycles. The van der Waals surface area contributed by atoms with Gasteiger partial charge in [0.25, 0.3) is 0 Å². The van der Waals surface area contributed by atoms with E-state index >= 15 is 0 Å². The van der Waals surface area contributed by atoms with E-state index in [1.54, 1.807) is 0 Å². The van der Waals surface area contributed by atoms with Crippen molar-refractivity contribution < 1.29 is 34.5 Å². The van der Waals surface area contributed by atoms with Crippen molar-refractivity contribution in [1.29, 1.82) is 0 Å². The zero-order valence-electron chi connectivity index (χ0n) is 10.7. The van der Waals surface area contributed by atoms with Crippen molar-refractivity contribution in [3.8, 4) is 0 Å². The van der Waals surface area contributed by atoms with Crippen molar-refractivity contribution in [2.45, 2.75) is 31.5 Å². The van der Waals surface area contributed by atoms with Gasteiger partial charge in [-0.15, -0.1) is 0 Å². The summed E-state index contributed by atoms with van der Waals surface area (Å²) >= 11 is 0. The second kappa shape index (κ2) is 8.07. The number of hydrogen-bond acceptors (Lipinski definition) is 6. The molecule has 2 amide bonds. The summed E-state index contributed by atoms with van der Waals surface area (Å²) in [4.78, 5) is 43.9. The first-order valence-corrected chi connectivity index (χ1v) is 5.60. The number of nitrogens with one attached hydrogen (secondary N) is 2. The first-order valence-electron chi connectivity index (χ1n) is 5.60. The van der Waals surface area contributed by atoms with E-state index in [1.165, 1.54) is 6.92 Å². The Morgan fingerprint density at radius 1 is 1.10 bits per heavy atom. The molecule has 0 fully saturated rings. The monoisotopic (exact) mass is 291 g/mol. The van der Waals surface area contributed by atoms with Crippen LogP contribution in [0, 0.1) is 0 Å². The van der Waals surface area contributed by atoms with Crippen LogP contribution in [-0.2, 0) is 19.2 Å². The van der Waals surface area contributed by atoms with Crippen LogP contribution in [0.3, 0.4) is 0 Å². The number of carbonyl (C=O) groups is 4. The van der Waals surface area contributed by atoms with Crippen LogP contribution in [0.5, 0.6) is 0 Å². The largest absolute Gasteiger partial charge is 0.481 e. The highest BCUT2D eigenvalue weighted by Crippen LogP contribution is 1.92. The van der Waals surface area contributed by atoms with Gasteiger partial charge in [-0.3, -0.25) is 19.2 Å². The first-order chi connectivity index (χ1) is 9.18. The molecule has 0 aromatic heterocycles. The molecule has 114 valence electrons. The molecule has 0 unspecified atom stereocenters. The molecule has 10 heteroatoms. The number of rotatable bonds is 8. The van der Waals surface area contributed by atoms with Gasteiger partial charge in [0.1, 0.15) is 12.1 Å². The lowest BCUT2D eigenvalue weighted by Gasteiger charge is -2.19. The Morgan fingerprint density at radius 2 is 1.65 bits per heavy atom. The van der Waals surface area contributed by atoms with Gasteiger partial charge in [-0.25, -0.2) is 0 Å². The fraction of sp³-hybridized carbons (Fsp3) is 0.600. The van der Waals surface area contributed by atoms with Crippen LogP contribution in [-0.4, -0.2) is 63.8 Å². The van der Waals surface area contributed by atoms with Gasteiger partial charge in [-0.2, -0.15) is 0 Å². The van der Waals surface area contributed by atoms with Crippen molar-refractivity contribution in [1.82, 2.24) is 10.6 Å². The predicted octanol–water partition coefficient (Wildman–Crippen LogP) is -3.15. The van der Waals surface area contributed by atoms with Gasteiger partial charge in [0.2, 0.25) is 11.8 Å². The molecule has 0 spiro atoms. The topological polar surface area (TPSA) is 179 Å². The smallest absolute Gasteiger partial charge is 0.325 e. The van der Waals surface area contributed by atoms with Gasteiger partial charge < -0.3 is 31.7 Å². The molecule has 3 atom stereocenters. The third kappa shape index (κ3) is 6.11. The Labute approximate surface area is 113 Å². The Hall–Kier alpha value is -2.20. The summed E-state index contributed by atoms with van der Waals surface area (Å²) in [5.41, 5.74) is 5.27. The van der Waals surface area contributed by atoms with Gasteiger partial charge in [-0.05, 0) is 6.92 Å². The van der Waals surface area contributed by atoms with Crippen LogP contribution >= 0.6 is 0 Å². The SMILES string of the molecule is C[C@H](NC(=O)[C@H](CO)NC(=O)[C@@H](N)CC(=O)O)C(=O)O. The van der Waals surface area contributed by atoms with Crippen molar-refractivity contribution in [3.05, 3.63) is 0 Å². The Kier molecular flexibility index (Phi) is 7.18. The maximum absolute atomic E-state index is 11.6. The molecule has 20 heavy (non-hydrogen) atoms. The minimum Gasteiger partial charge on any atom is -0.481 e. The number of aliphatic hydroxyl groups excluding tert-OH is 1. The van der Waals surface area contributed by atoms with E-state index in [4.69, 9.17) is 21.1 Å². The maximum Gasteiger partial charge on any atom is 0.325 e. The van der Waals surface area contributed by atoms with Gasteiger partial charge in [0.15, 0.2) is 0 Å². The lowest BCUT2D eigenvalue weighted by atomic mass is 10.2. The molecule has 10 nitrogen and oxygen atoms in total. The van der Waals surface area contributed by atoms with Crippen LogP contribution in [0.25, 0.3) is 0 Å². The summed E-state index contributed by atoms with van der Waals surface area (Å²) < 4.78 is 0. The fourth-order valence-electron chi connectivity index (χ4n) is 1.13. The minimum absolute atomic E-state index is 0.642. The lowest BCUT2D eigenvalue weighted by molar-refractivity contribution is -0.142. The Balaban J connectivity index is 4.53. The molecule has 0 aliphatic rings. The highest BCUT2D eigenvalue weighted by Gasteiger charge is 2.26. The fourth-order valence-corrected chi connectivity index (χ4v) is 1.13. The van der Waals surface area contributed by atoms with Crippen molar-refractivity contribution in [3.63, 3.8) is 0 Å². The van der Waals surface area contributed by atoms with Crippen LogP contribution in [0.4, 0.5) is 0 Å². The molecular formula is C10H17N3O7. The van der Waals surface area contributed by atoms with Crippen LogP contribution in [0.1, 0.15) is 13.3 Å².